The van der Waals surface area contributed by atoms with Crippen LogP contribution in [0.15, 0.2) is 35.1 Å². The van der Waals surface area contributed by atoms with Gasteiger partial charge in [0.1, 0.15) is 0 Å². The minimum atomic E-state index is -0.0187. The lowest BCUT2D eigenvalue weighted by atomic mass is 9.94. The van der Waals surface area contributed by atoms with Gasteiger partial charge in [-0.25, -0.2) is 0 Å². The Bertz CT molecular complexity index is 1010. The van der Waals surface area contributed by atoms with Gasteiger partial charge in [0.15, 0.2) is 0 Å². The number of fused-ring (bicyclic) bond motifs is 1. The summed E-state index contributed by atoms with van der Waals surface area (Å²) in [4.78, 5) is 28.8. The molecule has 1 amide bonds. The number of rotatable bonds is 3. The van der Waals surface area contributed by atoms with Crippen LogP contribution in [-0.2, 0) is 24.9 Å². The van der Waals surface area contributed by atoms with E-state index in [1.807, 2.05) is 30.0 Å². The van der Waals surface area contributed by atoms with Crippen LogP contribution in [0.4, 0.5) is 5.69 Å². The number of pyridine rings is 1. The van der Waals surface area contributed by atoms with Gasteiger partial charge in [-0.05, 0) is 36.2 Å². The van der Waals surface area contributed by atoms with Gasteiger partial charge < -0.3 is 14.4 Å². The Labute approximate surface area is 158 Å². The van der Waals surface area contributed by atoms with Crippen LogP contribution in [-0.4, -0.2) is 28.5 Å². The van der Waals surface area contributed by atoms with Gasteiger partial charge >= 0.3 is 0 Å². The van der Waals surface area contributed by atoms with Crippen LogP contribution in [0.25, 0.3) is 0 Å². The molecule has 1 aromatic heterocycles. The number of nitrogens with zero attached hydrogens (tertiary/aromatic N) is 4. The molecule has 2 aliphatic heterocycles. The minimum Gasteiger partial charge on any atom is -0.371 e. The molecule has 6 heteroatoms. The number of benzene rings is 1. The number of carbonyl (C=O) groups excluding carboxylic acids is 1. The van der Waals surface area contributed by atoms with Crippen LogP contribution in [0.5, 0.6) is 0 Å². The van der Waals surface area contributed by atoms with E-state index in [4.69, 9.17) is 5.26 Å². The zero-order valence-electron chi connectivity index (χ0n) is 15.6. The van der Waals surface area contributed by atoms with E-state index in [0.29, 0.717) is 31.0 Å². The Morgan fingerprint density at radius 3 is 2.78 bits per heavy atom. The van der Waals surface area contributed by atoms with Gasteiger partial charge in [0, 0.05) is 56.5 Å². The maximum absolute atomic E-state index is 12.7. The zero-order valence-corrected chi connectivity index (χ0v) is 15.6. The Balaban J connectivity index is 1.36. The van der Waals surface area contributed by atoms with E-state index in [9.17, 15) is 9.59 Å². The molecule has 6 nitrogen and oxygen atoms in total. The van der Waals surface area contributed by atoms with E-state index in [-0.39, 0.29) is 11.5 Å². The molecule has 0 unspecified atom stereocenters. The summed E-state index contributed by atoms with van der Waals surface area (Å²) < 4.78 is 1.66. The number of hydrogen-bond donors (Lipinski definition) is 0. The summed E-state index contributed by atoms with van der Waals surface area (Å²) in [6.45, 7) is 4.71. The first-order valence-electron chi connectivity index (χ1n) is 9.17. The monoisotopic (exact) mass is 362 g/mol. The average Bonchev–Trinajstić information content (AvgIpc) is 3.08. The van der Waals surface area contributed by atoms with Crippen molar-refractivity contribution in [1.82, 2.24) is 9.47 Å². The normalized spacial score (nSPS) is 16.0. The van der Waals surface area contributed by atoms with Crippen LogP contribution < -0.4 is 10.5 Å². The van der Waals surface area contributed by atoms with E-state index >= 15 is 0 Å². The second kappa shape index (κ2) is 6.58. The summed E-state index contributed by atoms with van der Waals surface area (Å²) in [5.41, 5.74) is 4.70. The van der Waals surface area contributed by atoms with E-state index in [1.165, 1.54) is 0 Å². The average molecular weight is 362 g/mol. The quantitative estimate of drug-likeness (QED) is 0.837. The van der Waals surface area contributed by atoms with Crippen molar-refractivity contribution in [2.45, 2.75) is 26.4 Å². The second-order valence-electron chi connectivity index (χ2n) is 7.54. The molecule has 0 bridgehead atoms. The van der Waals surface area contributed by atoms with E-state index in [2.05, 4.69) is 11.0 Å². The van der Waals surface area contributed by atoms with Gasteiger partial charge in [-0.2, -0.15) is 5.26 Å². The van der Waals surface area contributed by atoms with E-state index in [0.717, 1.165) is 35.6 Å². The molecule has 2 aromatic rings. The molecule has 0 N–H and O–H groups in total. The van der Waals surface area contributed by atoms with Crippen LogP contribution in [0.1, 0.15) is 28.8 Å². The largest absolute Gasteiger partial charge is 0.371 e. The van der Waals surface area contributed by atoms with Crippen LogP contribution in [0.3, 0.4) is 0 Å². The zero-order chi connectivity index (χ0) is 19.1. The van der Waals surface area contributed by atoms with Gasteiger partial charge in [-0.1, -0.05) is 6.07 Å². The summed E-state index contributed by atoms with van der Waals surface area (Å²) in [5, 5.41) is 9.02. The third-order valence-corrected chi connectivity index (χ3v) is 5.70. The topological polar surface area (TPSA) is 69.3 Å². The van der Waals surface area contributed by atoms with Crippen molar-refractivity contribution in [2.24, 2.45) is 13.0 Å². The highest BCUT2D eigenvalue weighted by Crippen LogP contribution is 2.30. The number of amides is 1. The fraction of sp³-hybridized carbons (Fsp3) is 0.381. The number of anilines is 1. The highest BCUT2D eigenvalue weighted by molar-refractivity contribution is 5.77. The van der Waals surface area contributed by atoms with Crippen molar-refractivity contribution < 1.29 is 4.79 Å². The van der Waals surface area contributed by atoms with Crippen molar-refractivity contribution in [1.29, 1.82) is 5.26 Å². The second-order valence-corrected chi connectivity index (χ2v) is 7.54. The molecule has 1 aromatic carbocycles. The van der Waals surface area contributed by atoms with Crippen molar-refractivity contribution in [2.75, 3.05) is 18.0 Å². The highest BCUT2D eigenvalue weighted by Gasteiger charge is 2.33. The molecule has 1 saturated heterocycles. The molecule has 2 aliphatic rings. The van der Waals surface area contributed by atoms with Crippen molar-refractivity contribution in [3.8, 4) is 6.07 Å². The maximum Gasteiger partial charge on any atom is 0.250 e. The molecule has 1 fully saturated rings. The fourth-order valence-corrected chi connectivity index (χ4v) is 4.01. The predicted molar refractivity (Wildman–Crippen MR) is 102 cm³/mol. The number of aryl methyl sites for hydroxylation is 1. The van der Waals surface area contributed by atoms with Gasteiger partial charge in [0.2, 0.25) is 5.91 Å². The van der Waals surface area contributed by atoms with Crippen molar-refractivity contribution >= 4 is 11.6 Å². The smallest absolute Gasteiger partial charge is 0.250 e. The molecule has 0 aliphatic carbocycles. The molecule has 4 rings (SSSR count). The molecule has 0 atom stereocenters. The summed E-state index contributed by atoms with van der Waals surface area (Å²) in [6.07, 6.45) is 0.523. The first kappa shape index (κ1) is 17.3. The SMILES string of the molecule is Cc1cc(=O)n(C)c2c1CN(C(=O)CC1CN(c3cccc(C#N)c3)C1)C2. The molecule has 0 radical (unpaired) electrons. The third kappa shape index (κ3) is 3.10. The van der Waals surface area contributed by atoms with Crippen LogP contribution >= 0.6 is 0 Å². The number of nitriles is 1. The maximum atomic E-state index is 12.7. The number of hydrogen-bond acceptors (Lipinski definition) is 4. The van der Waals surface area contributed by atoms with Gasteiger partial charge in [0.05, 0.1) is 18.2 Å². The molecular weight excluding hydrogens is 340 g/mol. The summed E-state index contributed by atoms with van der Waals surface area (Å²) in [6, 6.07) is 11.4. The lowest BCUT2D eigenvalue weighted by Gasteiger charge is -2.41. The van der Waals surface area contributed by atoms with Crippen molar-refractivity contribution in [3.63, 3.8) is 0 Å². The molecule has 3 heterocycles. The summed E-state index contributed by atoms with van der Waals surface area (Å²) in [5.74, 6) is 0.477. The van der Waals surface area contributed by atoms with Gasteiger partial charge in [-0.15, -0.1) is 0 Å². The summed E-state index contributed by atoms with van der Waals surface area (Å²) in [7, 11) is 1.77. The Morgan fingerprint density at radius 1 is 1.26 bits per heavy atom. The number of carbonyl (C=O) groups is 1. The highest BCUT2D eigenvalue weighted by atomic mass is 16.2. The standard InChI is InChI=1S/C21H22N4O2/c1-14-6-20(26)23(2)19-13-25(12-18(14)19)21(27)8-16-10-24(11-16)17-5-3-4-15(7-17)9-22/h3-7,16H,8,10-13H2,1-2H3. The van der Waals surface area contributed by atoms with Gasteiger partial charge in [-0.3, -0.25) is 9.59 Å². The van der Waals surface area contributed by atoms with E-state index < -0.39 is 0 Å². The Hall–Kier alpha value is -3.07. The molecule has 27 heavy (non-hydrogen) atoms. The van der Waals surface area contributed by atoms with E-state index in [1.54, 1.807) is 23.7 Å². The number of aromatic nitrogens is 1. The molecular formula is C21H22N4O2. The fourth-order valence-electron chi connectivity index (χ4n) is 4.01. The lowest BCUT2D eigenvalue weighted by Crippen LogP contribution is -2.48. The van der Waals surface area contributed by atoms with Crippen LogP contribution in [0.2, 0.25) is 0 Å². The van der Waals surface area contributed by atoms with Crippen molar-refractivity contribution in [3.05, 3.63) is 63.1 Å². The van der Waals surface area contributed by atoms with Gasteiger partial charge in [0.25, 0.3) is 5.56 Å². The summed E-state index contributed by atoms with van der Waals surface area (Å²) >= 11 is 0. The third-order valence-electron chi connectivity index (χ3n) is 5.70. The first-order chi connectivity index (χ1) is 13.0. The predicted octanol–water partition coefficient (Wildman–Crippen LogP) is 1.93. The molecule has 0 spiro atoms. The first-order valence-corrected chi connectivity index (χ1v) is 9.17. The minimum absolute atomic E-state index is 0.0187. The Kier molecular flexibility index (Phi) is 4.23. The molecule has 138 valence electrons. The Morgan fingerprint density at radius 2 is 2.04 bits per heavy atom. The van der Waals surface area contributed by atoms with Crippen LogP contribution in [0, 0.1) is 24.2 Å². The lowest BCUT2D eigenvalue weighted by molar-refractivity contribution is -0.133. The molecule has 0 saturated carbocycles.